The number of nitrogens with zero attached hydrogens (tertiary/aromatic N) is 1. The lowest BCUT2D eigenvalue weighted by atomic mass is 9.94. The van der Waals surface area contributed by atoms with Crippen LogP contribution in [0.15, 0.2) is 48.8 Å². The monoisotopic (exact) mass is 411 g/mol. The molecule has 0 radical (unpaired) electrons. The molecule has 0 atom stereocenters. The number of aromatic nitrogens is 2. The number of aryl methyl sites for hydroxylation is 2. The third-order valence-electron chi connectivity index (χ3n) is 6.44. The van der Waals surface area contributed by atoms with Gasteiger partial charge in [-0.05, 0) is 37.0 Å². The Morgan fingerprint density at radius 3 is 2.65 bits per heavy atom. The van der Waals surface area contributed by atoms with Crippen LogP contribution in [-0.2, 0) is 22.6 Å². The van der Waals surface area contributed by atoms with Gasteiger partial charge in [0.05, 0.1) is 23.8 Å². The normalized spacial score (nSPS) is 16.3. The standard InChI is InChI=1S/C25H21N3O3/c1-31-15-8-9-16-18(12-26-20(16)11-15)21-22(25(30)27-24(21)29)19-13-28-10-3-2-5-14-6-4-7-17(19)23(14)28/h4,6-9,11-13,26H,2-3,5,10H2,1H3,(H,27,29,30). The summed E-state index contributed by atoms with van der Waals surface area (Å²) in [5.41, 5.74) is 5.74. The molecule has 0 unspecified atom stereocenters. The first-order valence-electron chi connectivity index (χ1n) is 10.5. The fraction of sp³-hybridized carbons (Fsp3) is 0.200. The molecule has 31 heavy (non-hydrogen) atoms. The number of hydrogen-bond acceptors (Lipinski definition) is 3. The van der Waals surface area contributed by atoms with Gasteiger partial charge >= 0.3 is 0 Å². The van der Waals surface area contributed by atoms with Gasteiger partial charge in [-0.3, -0.25) is 14.9 Å². The van der Waals surface area contributed by atoms with Gasteiger partial charge in [-0.25, -0.2) is 0 Å². The Morgan fingerprint density at radius 2 is 1.81 bits per heavy atom. The van der Waals surface area contributed by atoms with Gasteiger partial charge in [0.25, 0.3) is 11.8 Å². The number of amides is 2. The van der Waals surface area contributed by atoms with Crippen molar-refractivity contribution >= 4 is 44.8 Å². The highest BCUT2D eigenvalue weighted by Crippen LogP contribution is 2.40. The van der Waals surface area contributed by atoms with Crippen molar-refractivity contribution in [3.63, 3.8) is 0 Å². The highest BCUT2D eigenvalue weighted by molar-refractivity contribution is 6.50. The van der Waals surface area contributed by atoms with E-state index in [-0.39, 0.29) is 11.8 Å². The highest BCUT2D eigenvalue weighted by Gasteiger charge is 2.35. The summed E-state index contributed by atoms with van der Waals surface area (Å²) in [4.78, 5) is 29.2. The minimum absolute atomic E-state index is 0.343. The molecule has 2 aliphatic rings. The Labute approximate surface area is 178 Å². The van der Waals surface area contributed by atoms with E-state index in [1.807, 2.05) is 30.5 Å². The van der Waals surface area contributed by atoms with Crippen molar-refractivity contribution in [3.8, 4) is 5.75 Å². The molecule has 154 valence electrons. The lowest BCUT2D eigenvalue weighted by Crippen LogP contribution is -2.22. The van der Waals surface area contributed by atoms with Crippen molar-refractivity contribution in [2.24, 2.45) is 0 Å². The number of hydrogen-bond donors (Lipinski definition) is 2. The highest BCUT2D eigenvalue weighted by atomic mass is 16.5. The van der Waals surface area contributed by atoms with Gasteiger partial charge in [0.1, 0.15) is 5.75 Å². The van der Waals surface area contributed by atoms with E-state index in [4.69, 9.17) is 4.74 Å². The SMILES string of the molecule is COc1ccc2c(C3=C(c4cn5c6c(cccc46)CCCC5)C(=O)NC3=O)c[nH]c2c1. The molecule has 4 heterocycles. The molecule has 0 aliphatic carbocycles. The number of aromatic amines is 1. The zero-order valence-electron chi connectivity index (χ0n) is 17.1. The van der Waals surface area contributed by atoms with Crippen LogP contribution in [0.2, 0.25) is 0 Å². The van der Waals surface area contributed by atoms with Crippen LogP contribution < -0.4 is 10.1 Å². The molecule has 2 aromatic carbocycles. The lowest BCUT2D eigenvalue weighted by molar-refractivity contribution is -0.122. The first kappa shape index (κ1) is 18.0. The zero-order valence-corrected chi connectivity index (χ0v) is 17.1. The Hall–Kier alpha value is -3.80. The van der Waals surface area contributed by atoms with Crippen molar-refractivity contribution in [1.29, 1.82) is 0 Å². The number of benzene rings is 2. The van der Waals surface area contributed by atoms with Crippen molar-refractivity contribution in [2.45, 2.75) is 25.8 Å². The Bertz CT molecular complexity index is 1440. The molecule has 2 N–H and O–H groups in total. The van der Waals surface area contributed by atoms with Gasteiger partial charge in [0.15, 0.2) is 0 Å². The molecule has 6 nitrogen and oxygen atoms in total. The molecule has 6 heteroatoms. The Kier molecular flexibility index (Phi) is 3.84. The number of ether oxygens (including phenoxy) is 1. The third-order valence-corrected chi connectivity index (χ3v) is 6.44. The van der Waals surface area contributed by atoms with E-state index in [1.165, 1.54) is 11.1 Å². The number of imide groups is 1. The van der Waals surface area contributed by atoms with Crippen LogP contribution in [0.4, 0.5) is 0 Å². The second-order valence-electron chi connectivity index (χ2n) is 8.15. The topological polar surface area (TPSA) is 76.1 Å². The average Bonchev–Trinajstić information content (AvgIpc) is 3.38. The molecule has 4 aromatic rings. The van der Waals surface area contributed by atoms with E-state index in [2.05, 4.69) is 27.0 Å². The van der Waals surface area contributed by atoms with Gasteiger partial charge in [-0.15, -0.1) is 0 Å². The van der Waals surface area contributed by atoms with E-state index >= 15 is 0 Å². The number of H-pyrrole nitrogens is 1. The maximum absolute atomic E-state index is 13.0. The predicted octanol–water partition coefficient (Wildman–Crippen LogP) is 4.03. The van der Waals surface area contributed by atoms with Gasteiger partial charge in [-0.2, -0.15) is 0 Å². The minimum Gasteiger partial charge on any atom is -0.497 e. The first-order chi connectivity index (χ1) is 15.2. The maximum Gasteiger partial charge on any atom is 0.259 e. The van der Waals surface area contributed by atoms with Crippen LogP contribution in [-0.4, -0.2) is 28.5 Å². The summed E-state index contributed by atoms with van der Waals surface area (Å²) in [5, 5.41) is 4.43. The fourth-order valence-electron chi connectivity index (χ4n) is 5.02. The molecule has 0 spiro atoms. The third kappa shape index (κ3) is 2.57. The number of fused-ring (bicyclic) bond motifs is 1. The zero-order chi connectivity index (χ0) is 21.1. The molecule has 6 rings (SSSR count). The molecule has 2 aromatic heterocycles. The molecule has 2 amide bonds. The molecular formula is C25H21N3O3. The second kappa shape index (κ2) is 6.60. The average molecular weight is 411 g/mol. The smallest absolute Gasteiger partial charge is 0.259 e. The van der Waals surface area contributed by atoms with Crippen molar-refractivity contribution in [1.82, 2.24) is 14.9 Å². The molecule has 0 saturated carbocycles. The number of nitrogens with one attached hydrogen (secondary N) is 2. The van der Waals surface area contributed by atoms with Crippen LogP contribution in [0.5, 0.6) is 5.75 Å². The Balaban J connectivity index is 1.64. The molecule has 0 bridgehead atoms. The number of carbonyl (C=O) groups excluding carboxylic acids is 2. The Morgan fingerprint density at radius 1 is 0.968 bits per heavy atom. The van der Waals surface area contributed by atoms with Gasteiger partial charge in [-0.1, -0.05) is 18.2 Å². The van der Waals surface area contributed by atoms with Crippen molar-refractivity contribution < 1.29 is 14.3 Å². The summed E-state index contributed by atoms with van der Waals surface area (Å²) in [6.07, 6.45) is 7.12. The van der Waals surface area contributed by atoms with Gasteiger partial charge in [0.2, 0.25) is 0 Å². The van der Waals surface area contributed by atoms with Crippen LogP contribution in [0.3, 0.4) is 0 Å². The van der Waals surface area contributed by atoms with Crippen LogP contribution in [0.1, 0.15) is 29.5 Å². The van der Waals surface area contributed by atoms with Gasteiger partial charge in [0, 0.05) is 52.4 Å². The molecule has 2 aliphatic heterocycles. The molecular weight excluding hydrogens is 390 g/mol. The fourth-order valence-corrected chi connectivity index (χ4v) is 5.02. The second-order valence-corrected chi connectivity index (χ2v) is 8.15. The van der Waals surface area contributed by atoms with E-state index in [1.54, 1.807) is 13.3 Å². The summed E-state index contributed by atoms with van der Waals surface area (Å²) in [6.45, 7) is 0.915. The summed E-state index contributed by atoms with van der Waals surface area (Å²) in [5.74, 6) is 0.0253. The number of rotatable bonds is 3. The largest absolute Gasteiger partial charge is 0.497 e. The van der Waals surface area contributed by atoms with Crippen molar-refractivity contribution in [2.75, 3.05) is 7.11 Å². The van der Waals surface area contributed by atoms with Gasteiger partial charge < -0.3 is 14.3 Å². The molecule has 0 saturated heterocycles. The minimum atomic E-state index is -0.360. The van der Waals surface area contributed by atoms with E-state index < -0.39 is 0 Å². The summed E-state index contributed by atoms with van der Waals surface area (Å²) < 4.78 is 7.55. The summed E-state index contributed by atoms with van der Waals surface area (Å²) >= 11 is 0. The van der Waals surface area contributed by atoms with Crippen LogP contribution in [0, 0.1) is 0 Å². The predicted molar refractivity (Wildman–Crippen MR) is 120 cm³/mol. The summed E-state index contributed by atoms with van der Waals surface area (Å²) in [7, 11) is 1.62. The lowest BCUT2D eigenvalue weighted by Gasteiger charge is -2.05. The van der Waals surface area contributed by atoms with E-state index in [0.29, 0.717) is 11.1 Å². The van der Waals surface area contributed by atoms with Crippen molar-refractivity contribution in [3.05, 3.63) is 65.5 Å². The van der Waals surface area contributed by atoms with E-state index in [9.17, 15) is 9.59 Å². The number of para-hydroxylation sites is 1. The maximum atomic E-state index is 13.0. The summed E-state index contributed by atoms with van der Waals surface area (Å²) in [6, 6.07) is 11.9. The first-order valence-corrected chi connectivity index (χ1v) is 10.5. The quantitative estimate of drug-likeness (QED) is 0.500. The number of carbonyl (C=O) groups is 2. The molecule has 0 fully saturated rings. The van der Waals surface area contributed by atoms with Crippen LogP contribution >= 0.6 is 0 Å². The number of methoxy groups -OCH3 is 1. The van der Waals surface area contributed by atoms with Crippen LogP contribution in [0.25, 0.3) is 33.0 Å². The van der Waals surface area contributed by atoms with E-state index in [0.717, 1.165) is 59.0 Å².